The zero-order valence-electron chi connectivity index (χ0n) is 23.1. The highest BCUT2D eigenvalue weighted by atomic mass is 16.5. The quantitative estimate of drug-likeness (QED) is 0.217. The van der Waals surface area contributed by atoms with E-state index < -0.39 is 0 Å². The average Bonchev–Trinajstić information content (AvgIpc) is 3.15. The van der Waals surface area contributed by atoms with E-state index in [9.17, 15) is 0 Å². The summed E-state index contributed by atoms with van der Waals surface area (Å²) in [6.45, 7) is 7.14. The fourth-order valence-electron chi connectivity index (χ4n) is 6.28. The minimum absolute atomic E-state index is 0.116. The molecule has 2 atom stereocenters. The minimum Gasteiger partial charge on any atom is -0.457 e. The van der Waals surface area contributed by atoms with E-state index in [0.29, 0.717) is 0 Å². The first kappa shape index (κ1) is 25.6. The van der Waals surface area contributed by atoms with Gasteiger partial charge in [0.15, 0.2) is 0 Å². The summed E-state index contributed by atoms with van der Waals surface area (Å²) in [6.07, 6.45) is 0. The van der Waals surface area contributed by atoms with E-state index >= 15 is 0 Å². The van der Waals surface area contributed by atoms with Crippen LogP contribution in [-0.4, -0.2) is 0 Å². The lowest BCUT2D eigenvalue weighted by molar-refractivity contribution is 0.220. The molecule has 0 radical (unpaired) electrons. The molecule has 0 aliphatic heterocycles. The number of hydrogen-bond acceptors (Lipinski definition) is 4. The molecule has 1 aliphatic carbocycles. The van der Waals surface area contributed by atoms with Gasteiger partial charge >= 0.3 is 0 Å². The molecular weight excluding hydrogens is 492 g/mol. The average molecular weight is 527 g/mol. The van der Waals surface area contributed by atoms with Crippen molar-refractivity contribution in [2.24, 2.45) is 5.41 Å². The van der Waals surface area contributed by atoms with Crippen molar-refractivity contribution < 1.29 is 9.47 Å². The molecule has 4 N–H and O–H groups in total. The Bertz CT molecular complexity index is 1620. The van der Waals surface area contributed by atoms with Gasteiger partial charge in [0.25, 0.3) is 0 Å². The van der Waals surface area contributed by atoms with Crippen LogP contribution in [0.5, 0.6) is 23.0 Å². The summed E-state index contributed by atoms with van der Waals surface area (Å²) in [5, 5.41) is 0. The Morgan fingerprint density at radius 1 is 0.525 bits per heavy atom. The number of nitrogens with two attached hydrogens (primary N) is 2. The molecule has 0 saturated heterocycles. The normalized spacial score (nSPS) is 19.1. The van der Waals surface area contributed by atoms with Gasteiger partial charge < -0.3 is 20.9 Å². The number of benzene rings is 5. The third kappa shape index (κ3) is 4.36. The van der Waals surface area contributed by atoms with Crippen molar-refractivity contribution in [3.63, 3.8) is 0 Å². The Hall–Kier alpha value is -4.70. The molecule has 1 aliphatic rings. The molecular formula is C36H34N2O2. The molecule has 0 bridgehead atoms. The number of hydrogen-bond donors (Lipinski definition) is 2. The van der Waals surface area contributed by atoms with Gasteiger partial charge in [-0.1, -0.05) is 69.3 Å². The van der Waals surface area contributed by atoms with Crippen LogP contribution in [0.1, 0.15) is 48.9 Å². The maximum atomic E-state index is 6.08. The predicted octanol–water partition coefficient (Wildman–Crippen LogP) is 8.91. The second-order valence-electron chi connectivity index (χ2n) is 11.3. The molecule has 0 fully saturated rings. The van der Waals surface area contributed by atoms with E-state index in [1.807, 2.05) is 48.5 Å². The van der Waals surface area contributed by atoms with Crippen molar-refractivity contribution in [1.82, 2.24) is 0 Å². The number of anilines is 2. The maximum absolute atomic E-state index is 6.08. The van der Waals surface area contributed by atoms with E-state index in [1.54, 1.807) is 0 Å². The van der Waals surface area contributed by atoms with Crippen LogP contribution >= 0.6 is 0 Å². The molecule has 0 aromatic heterocycles. The summed E-state index contributed by atoms with van der Waals surface area (Å²) in [5.41, 5.74) is 18.0. The van der Waals surface area contributed by atoms with Gasteiger partial charge in [0.1, 0.15) is 23.0 Å². The number of nitrogen functional groups attached to an aromatic ring is 2. The van der Waals surface area contributed by atoms with Crippen LogP contribution in [0.25, 0.3) is 0 Å². The van der Waals surface area contributed by atoms with Gasteiger partial charge in [-0.05, 0) is 100 Å². The summed E-state index contributed by atoms with van der Waals surface area (Å²) in [7, 11) is 0. The number of ether oxygens (including phenoxy) is 2. The van der Waals surface area contributed by atoms with Crippen LogP contribution in [0.15, 0.2) is 121 Å². The largest absolute Gasteiger partial charge is 0.457 e. The number of fused-ring (bicyclic) bond motifs is 1. The highest BCUT2D eigenvalue weighted by Gasteiger charge is 2.55. The number of rotatable bonds is 6. The highest BCUT2D eigenvalue weighted by Crippen LogP contribution is 2.63. The van der Waals surface area contributed by atoms with E-state index in [0.717, 1.165) is 34.4 Å². The van der Waals surface area contributed by atoms with Crippen molar-refractivity contribution in [3.8, 4) is 23.0 Å². The Kier molecular flexibility index (Phi) is 6.26. The lowest BCUT2D eigenvalue weighted by Crippen LogP contribution is -2.38. The van der Waals surface area contributed by atoms with Crippen molar-refractivity contribution in [2.75, 3.05) is 11.5 Å². The molecule has 0 amide bonds. The molecule has 0 heterocycles. The zero-order valence-corrected chi connectivity index (χ0v) is 23.1. The monoisotopic (exact) mass is 526 g/mol. The third-order valence-electron chi connectivity index (χ3n) is 8.70. The fraction of sp³-hybridized carbons (Fsp3) is 0.167. The Balaban J connectivity index is 1.31. The molecule has 2 unspecified atom stereocenters. The summed E-state index contributed by atoms with van der Waals surface area (Å²) in [6, 6.07) is 40.8. The fourth-order valence-corrected chi connectivity index (χ4v) is 6.28. The third-order valence-corrected chi connectivity index (χ3v) is 8.70. The summed E-state index contributed by atoms with van der Waals surface area (Å²) in [4.78, 5) is 0. The SMILES string of the molecule is CC1(c2ccc(Oc3ccc(N)cc3)cc2)c2ccccc2C(c2ccc(Oc3ccc(N)cc3)cc2)C1(C)C. The van der Waals surface area contributed by atoms with Gasteiger partial charge in [-0.25, -0.2) is 0 Å². The van der Waals surface area contributed by atoms with Crippen molar-refractivity contribution in [2.45, 2.75) is 32.1 Å². The molecule has 5 aromatic carbocycles. The van der Waals surface area contributed by atoms with Crippen molar-refractivity contribution in [3.05, 3.63) is 144 Å². The summed E-state index contributed by atoms with van der Waals surface area (Å²) >= 11 is 0. The van der Waals surface area contributed by atoms with Gasteiger partial charge in [0.05, 0.1) is 0 Å². The van der Waals surface area contributed by atoms with Gasteiger partial charge in [-0.15, -0.1) is 0 Å². The first-order valence-corrected chi connectivity index (χ1v) is 13.6. The van der Waals surface area contributed by atoms with Crippen LogP contribution < -0.4 is 20.9 Å². The van der Waals surface area contributed by atoms with E-state index in [2.05, 4.69) is 93.6 Å². The summed E-state index contributed by atoms with van der Waals surface area (Å²) in [5.74, 6) is 3.35. The first-order chi connectivity index (χ1) is 19.3. The Labute approximate surface area is 236 Å². The highest BCUT2D eigenvalue weighted by molar-refractivity contribution is 5.57. The maximum Gasteiger partial charge on any atom is 0.127 e. The topological polar surface area (TPSA) is 70.5 Å². The lowest BCUT2D eigenvalue weighted by atomic mass is 9.59. The zero-order chi connectivity index (χ0) is 27.9. The Morgan fingerprint density at radius 3 is 1.45 bits per heavy atom. The van der Waals surface area contributed by atoms with E-state index in [4.69, 9.17) is 20.9 Å². The van der Waals surface area contributed by atoms with Crippen LogP contribution in [0.2, 0.25) is 0 Å². The smallest absolute Gasteiger partial charge is 0.127 e. The molecule has 6 rings (SSSR count). The summed E-state index contributed by atoms with van der Waals surface area (Å²) < 4.78 is 12.2. The molecule has 40 heavy (non-hydrogen) atoms. The first-order valence-electron chi connectivity index (χ1n) is 13.6. The van der Waals surface area contributed by atoms with Gasteiger partial charge in [-0.2, -0.15) is 0 Å². The second kappa shape index (κ2) is 9.80. The van der Waals surface area contributed by atoms with Gasteiger partial charge in [0.2, 0.25) is 0 Å². The van der Waals surface area contributed by atoms with Gasteiger partial charge in [-0.3, -0.25) is 0 Å². The predicted molar refractivity (Wildman–Crippen MR) is 163 cm³/mol. The van der Waals surface area contributed by atoms with Crippen LogP contribution in [0.3, 0.4) is 0 Å². The molecule has 4 heteroatoms. The molecule has 200 valence electrons. The molecule has 0 saturated carbocycles. The van der Waals surface area contributed by atoms with Crippen LogP contribution in [0, 0.1) is 5.41 Å². The second-order valence-corrected chi connectivity index (χ2v) is 11.3. The molecule has 5 aromatic rings. The Morgan fingerprint density at radius 2 is 0.950 bits per heavy atom. The lowest BCUT2D eigenvalue weighted by Gasteiger charge is -2.43. The van der Waals surface area contributed by atoms with Crippen LogP contribution in [0.4, 0.5) is 11.4 Å². The standard InChI is InChI=1S/C36H34N2O2/c1-35(2)34(24-8-16-28(17-9-24)39-30-20-12-26(37)13-21-30)32-6-4-5-7-33(32)36(35,3)25-10-18-29(19-11-25)40-31-22-14-27(38)15-23-31/h4-23,34H,37-38H2,1-3H3. The minimum atomic E-state index is -0.215. The van der Waals surface area contributed by atoms with Crippen molar-refractivity contribution >= 4 is 11.4 Å². The molecule has 4 nitrogen and oxygen atoms in total. The van der Waals surface area contributed by atoms with E-state index in [-0.39, 0.29) is 16.7 Å². The van der Waals surface area contributed by atoms with Gasteiger partial charge in [0, 0.05) is 22.7 Å². The molecule has 0 spiro atoms. The van der Waals surface area contributed by atoms with Crippen molar-refractivity contribution in [1.29, 1.82) is 0 Å². The van der Waals surface area contributed by atoms with Crippen LogP contribution in [-0.2, 0) is 5.41 Å². The van der Waals surface area contributed by atoms with E-state index in [1.165, 1.54) is 22.3 Å².